The van der Waals surface area contributed by atoms with Crippen LogP contribution in [0.25, 0.3) is 0 Å². The van der Waals surface area contributed by atoms with Crippen LogP contribution in [0.4, 0.5) is 0 Å². The lowest BCUT2D eigenvalue weighted by molar-refractivity contribution is -0.133. The van der Waals surface area contributed by atoms with E-state index in [0.717, 1.165) is 34.7 Å². The average molecular weight is 515 g/mol. The van der Waals surface area contributed by atoms with E-state index in [1.807, 2.05) is 41.1 Å². The lowest BCUT2D eigenvalue weighted by Crippen LogP contribution is -2.42. The zero-order chi connectivity index (χ0) is 26.1. The smallest absolute Gasteiger partial charge is 0.304 e. The van der Waals surface area contributed by atoms with E-state index in [1.165, 1.54) is 0 Å². The van der Waals surface area contributed by atoms with Crippen molar-refractivity contribution in [3.63, 3.8) is 0 Å². The molecule has 1 aliphatic heterocycles. The molecule has 194 valence electrons. The average Bonchev–Trinajstić information content (AvgIpc) is 3.10. The van der Waals surface area contributed by atoms with Gasteiger partial charge >= 0.3 is 10.2 Å². The number of nitrogens with one attached hydrogen (secondary N) is 2. The van der Waals surface area contributed by atoms with E-state index >= 15 is 0 Å². The molecular weight excluding hydrogens is 480 g/mol. The molecule has 0 saturated carbocycles. The molecule has 3 rings (SSSR count). The molecule has 4 N–H and O–H groups in total. The molecule has 1 saturated heterocycles. The predicted molar refractivity (Wildman–Crippen MR) is 136 cm³/mol. The molecule has 2 atom stereocenters. The molecule has 1 unspecified atom stereocenters. The molecule has 0 bridgehead atoms. The second-order valence-corrected chi connectivity index (χ2v) is 10.8. The Kier molecular flexibility index (Phi) is 9.60. The molecule has 0 aromatic heterocycles. The van der Waals surface area contributed by atoms with Crippen LogP contribution in [0.1, 0.15) is 42.9 Å². The molecule has 0 aliphatic carbocycles. The summed E-state index contributed by atoms with van der Waals surface area (Å²) in [5.74, 6) is -2.76. The van der Waals surface area contributed by atoms with Gasteiger partial charge in [-0.2, -0.15) is 12.7 Å². The Morgan fingerprint density at radius 3 is 2.31 bits per heavy atom. The molecule has 3 amide bonds. The van der Waals surface area contributed by atoms with Crippen molar-refractivity contribution in [3.8, 4) is 0 Å². The minimum atomic E-state index is -3.85. The summed E-state index contributed by atoms with van der Waals surface area (Å²) in [5.41, 5.74) is 8.16. The van der Waals surface area contributed by atoms with Gasteiger partial charge in [0.1, 0.15) is 0 Å². The molecular formula is C26H34N4O5S. The minimum Gasteiger partial charge on any atom is -0.369 e. The van der Waals surface area contributed by atoms with Crippen LogP contribution in [0.15, 0.2) is 54.6 Å². The van der Waals surface area contributed by atoms with E-state index < -0.39 is 33.9 Å². The topological polar surface area (TPSA) is 139 Å². The summed E-state index contributed by atoms with van der Waals surface area (Å²) < 4.78 is 27.2. The summed E-state index contributed by atoms with van der Waals surface area (Å²) in [6, 6.07) is 16.6. The molecule has 2 aromatic carbocycles. The zero-order valence-electron chi connectivity index (χ0n) is 20.5. The van der Waals surface area contributed by atoms with Gasteiger partial charge in [-0.1, -0.05) is 74.4 Å². The van der Waals surface area contributed by atoms with Crippen molar-refractivity contribution in [3.05, 3.63) is 71.3 Å². The highest BCUT2D eigenvalue weighted by Gasteiger charge is 2.35. The fourth-order valence-corrected chi connectivity index (χ4v) is 5.47. The summed E-state index contributed by atoms with van der Waals surface area (Å²) in [4.78, 5) is 37.4. The molecule has 0 radical (unpaired) electrons. The minimum absolute atomic E-state index is 0.0199. The Balaban J connectivity index is 1.82. The van der Waals surface area contributed by atoms with E-state index in [0.29, 0.717) is 18.5 Å². The quantitative estimate of drug-likeness (QED) is 0.349. The van der Waals surface area contributed by atoms with Crippen LogP contribution in [0.5, 0.6) is 0 Å². The number of hydrogen-bond acceptors (Lipinski definition) is 5. The molecule has 1 fully saturated rings. The maximum absolute atomic E-state index is 13.3. The first-order valence-corrected chi connectivity index (χ1v) is 13.6. The maximum Gasteiger partial charge on any atom is 0.304 e. The van der Waals surface area contributed by atoms with Gasteiger partial charge in [0, 0.05) is 13.1 Å². The SMILES string of the molecule is CCCCCNC(=O)[C@@H](Cc1cccc(CN2CC(=O)NS2(=O)=O)c1)C(Cc1ccccc1)C(N)=O. The Labute approximate surface area is 212 Å². The number of benzene rings is 2. The fourth-order valence-electron chi connectivity index (χ4n) is 4.38. The Hall–Kier alpha value is -3.24. The largest absolute Gasteiger partial charge is 0.369 e. The maximum atomic E-state index is 13.3. The van der Waals surface area contributed by atoms with Gasteiger partial charge in [-0.05, 0) is 36.0 Å². The van der Waals surface area contributed by atoms with Crippen molar-refractivity contribution in [2.45, 2.75) is 45.6 Å². The number of nitrogens with zero attached hydrogens (tertiary/aromatic N) is 1. The van der Waals surface area contributed by atoms with Crippen LogP contribution in [0.2, 0.25) is 0 Å². The van der Waals surface area contributed by atoms with E-state index in [1.54, 1.807) is 18.2 Å². The van der Waals surface area contributed by atoms with Crippen molar-refractivity contribution in [1.29, 1.82) is 0 Å². The summed E-state index contributed by atoms with van der Waals surface area (Å²) in [7, 11) is -3.85. The number of amides is 3. The second kappa shape index (κ2) is 12.6. The highest BCUT2D eigenvalue weighted by Crippen LogP contribution is 2.24. The van der Waals surface area contributed by atoms with Crippen molar-refractivity contribution >= 4 is 27.9 Å². The Bertz CT molecular complexity index is 1170. The second-order valence-electron chi connectivity index (χ2n) is 9.13. The molecule has 2 aromatic rings. The molecule has 0 spiro atoms. The van der Waals surface area contributed by atoms with E-state index in [-0.39, 0.29) is 25.4 Å². The van der Waals surface area contributed by atoms with Crippen molar-refractivity contribution < 1.29 is 22.8 Å². The van der Waals surface area contributed by atoms with Crippen LogP contribution >= 0.6 is 0 Å². The highest BCUT2D eigenvalue weighted by atomic mass is 32.2. The lowest BCUT2D eigenvalue weighted by Gasteiger charge is -2.25. The van der Waals surface area contributed by atoms with Gasteiger partial charge in [0.2, 0.25) is 17.7 Å². The van der Waals surface area contributed by atoms with E-state index in [4.69, 9.17) is 5.73 Å². The normalized spacial score (nSPS) is 16.8. The first kappa shape index (κ1) is 27.3. The first-order chi connectivity index (χ1) is 17.2. The number of carbonyl (C=O) groups excluding carboxylic acids is 3. The van der Waals surface area contributed by atoms with Crippen LogP contribution in [0, 0.1) is 11.8 Å². The lowest BCUT2D eigenvalue weighted by atomic mass is 9.81. The molecule has 36 heavy (non-hydrogen) atoms. The number of primary amides is 1. The van der Waals surface area contributed by atoms with Crippen LogP contribution in [0.3, 0.4) is 0 Å². The van der Waals surface area contributed by atoms with E-state index in [2.05, 4.69) is 12.2 Å². The number of unbranched alkanes of at least 4 members (excludes halogenated alkanes) is 2. The third-order valence-corrected chi connectivity index (χ3v) is 7.70. The zero-order valence-corrected chi connectivity index (χ0v) is 21.3. The number of hydrogen-bond donors (Lipinski definition) is 3. The summed E-state index contributed by atoms with van der Waals surface area (Å²) >= 11 is 0. The van der Waals surface area contributed by atoms with E-state index in [9.17, 15) is 22.8 Å². The van der Waals surface area contributed by atoms with Crippen molar-refractivity contribution in [1.82, 2.24) is 14.3 Å². The third-order valence-electron chi connectivity index (χ3n) is 6.27. The third kappa shape index (κ3) is 7.63. The van der Waals surface area contributed by atoms with Gasteiger partial charge in [0.15, 0.2) is 0 Å². The monoisotopic (exact) mass is 514 g/mol. The van der Waals surface area contributed by atoms with Crippen LogP contribution in [-0.4, -0.2) is 43.5 Å². The van der Waals surface area contributed by atoms with Gasteiger partial charge in [-0.15, -0.1) is 0 Å². The Morgan fingerprint density at radius 2 is 1.67 bits per heavy atom. The predicted octanol–water partition coefficient (Wildman–Crippen LogP) is 1.67. The van der Waals surface area contributed by atoms with Crippen LogP contribution < -0.4 is 15.8 Å². The van der Waals surface area contributed by atoms with Gasteiger partial charge in [0.25, 0.3) is 0 Å². The molecule has 1 heterocycles. The van der Waals surface area contributed by atoms with Gasteiger partial charge in [-0.25, -0.2) is 4.72 Å². The summed E-state index contributed by atoms with van der Waals surface area (Å²) in [6.45, 7) is 2.38. The van der Waals surface area contributed by atoms with Crippen molar-refractivity contribution in [2.75, 3.05) is 13.1 Å². The molecule has 10 heteroatoms. The van der Waals surface area contributed by atoms with Crippen LogP contribution in [-0.2, 0) is 44.0 Å². The number of carbonyl (C=O) groups is 3. The summed E-state index contributed by atoms with van der Waals surface area (Å²) in [6.07, 6.45) is 3.47. The first-order valence-electron chi connectivity index (χ1n) is 12.2. The highest BCUT2D eigenvalue weighted by molar-refractivity contribution is 7.88. The number of nitrogens with two attached hydrogens (primary N) is 1. The summed E-state index contributed by atoms with van der Waals surface area (Å²) in [5, 5.41) is 2.97. The molecule has 1 aliphatic rings. The Morgan fingerprint density at radius 1 is 1.00 bits per heavy atom. The molecule has 9 nitrogen and oxygen atoms in total. The fraction of sp³-hybridized carbons (Fsp3) is 0.423. The van der Waals surface area contributed by atoms with Gasteiger partial charge in [-0.3, -0.25) is 14.4 Å². The number of rotatable bonds is 13. The van der Waals surface area contributed by atoms with Gasteiger partial charge in [0.05, 0.1) is 18.4 Å². The van der Waals surface area contributed by atoms with Gasteiger partial charge < -0.3 is 11.1 Å². The van der Waals surface area contributed by atoms with Crippen molar-refractivity contribution in [2.24, 2.45) is 17.6 Å². The standard InChI is InChI=1S/C26H34N4O5S/c1-2-3-7-13-28-26(33)23(22(25(27)32)15-19-9-5-4-6-10-19)16-20-11-8-12-21(14-20)17-30-18-24(31)29-36(30,34)35/h4-6,8-12,14,22-23H,2-3,7,13,15-18H2,1H3,(H2,27,32)(H,28,33)(H,29,31)/t22?,23-/m0/s1.